The Bertz CT molecular complexity index is 801. The highest BCUT2D eigenvalue weighted by Gasteiger charge is 2.33. The SMILES string of the molecule is Cc1nc2c(c(N3CCc4ncc(C(F)(F)F)cc4C3)n1)CCC2. The van der Waals surface area contributed by atoms with Crippen molar-refractivity contribution in [3.8, 4) is 0 Å². The number of anilines is 1. The monoisotopic (exact) mass is 334 g/mol. The van der Waals surface area contributed by atoms with Crippen molar-refractivity contribution in [1.82, 2.24) is 15.0 Å². The average molecular weight is 334 g/mol. The molecule has 4 nitrogen and oxygen atoms in total. The molecule has 0 bridgehead atoms. The Morgan fingerprint density at radius 3 is 2.71 bits per heavy atom. The Labute approximate surface area is 137 Å². The molecule has 3 heterocycles. The number of rotatable bonds is 1. The largest absolute Gasteiger partial charge is 0.417 e. The maximum Gasteiger partial charge on any atom is 0.417 e. The Morgan fingerprint density at radius 1 is 1.08 bits per heavy atom. The van der Waals surface area contributed by atoms with Gasteiger partial charge in [0.25, 0.3) is 0 Å². The van der Waals surface area contributed by atoms with E-state index in [1.165, 1.54) is 6.07 Å². The second-order valence-corrected chi connectivity index (χ2v) is 6.37. The van der Waals surface area contributed by atoms with Gasteiger partial charge in [-0.3, -0.25) is 4.98 Å². The van der Waals surface area contributed by atoms with Gasteiger partial charge < -0.3 is 4.90 Å². The molecule has 2 aliphatic rings. The third kappa shape index (κ3) is 2.61. The van der Waals surface area contributed by atoms with Crippen LogP contribution in [0.3, 0.4) is 0 Å². The molecular weight excluding hydrogens is 317 g/mol. The normalized spacial score (nSPS) is 16.9. The van der Waals surface area contributed by atoms with E-state index < -0.39 is 11.7 Å². The van der Waals surface area contributed by atoms with Crippen LogP contribution < -0.4 is 4.90 Å². The molecule has 0 radical (unpaired) electrons. The fourth-order valence-corrected chi connectivity index (χ4v) is 3.56. The Morgan fingerprint density at radius 2 is 1.92 bits per heavy atom. The smallest absolute Gasteiger partial charge is 0.351 e. The van der Waals surface area contributed by atoms with Crippen LogP contribution in [0.5, 0.6) is 0 Å². The first-order valence-electron chi connectivity index (χ1n) is 8.08. The van der Waals surface area contributed by atoms with Crippen molar-refractivity contribution in [2.75, 3.05) is 11.4 Å². The fraction of sp³-hybridized carbons (Fsp3) is 0.471. The molecule has 0 fully saturated rings. The molecule has 0 amide bonds. The number of hydrogen-bond donors (Lipinski definition) is 0. The van der Waals surface area contributed by atoms with E-state index in [4.69, 9.17) is 0 Å². The number of nitrogens with zero attached hydrogens (tertiary/aromatic N) is 4. The first-order chi connectivity index (χ1) is 11.4. The fourth-order valence-electron chi connectivity index (χ4n) is 3.56. The highest BCUT2D eigenvalue weighted by molar-refractivity contribution is 5.53. The lowest BCUT2D eigenvalue weighted by Gasteiger charge is -2.31. The standard InChI is InChI=1S/C17H17F3N4/c1-10-22-15-4-2-3-13(15)16(23-10)24-6-5-14-11(9-24)7-12(8-21-14)17(18,19)20/h7-8H,2-6,9H2,1H3. The molecule has 0 spiro atoms. The quantitative estimate of drug-likeness (QED) is 0.803. The second-order valence-electron chi connectivity index (χ2n) is 6.37. The molecule has 4 rings (SSSR count). The topological polar surface area (TPSA) is 41.9 Å². The Balaban J connectivity index is 1.70. The summed E-state index contributed by atoms with van der Waals surface area (Å²) in [5, 5.41) is 0. The van der Waals surface area contributed by atoms with Gasteiger partial charge in [-0.2, -0.15) is 13.2 Å². The summed E-state index contributed by atoms with van der Waals surface area (Å²) in [6.45, 7) is 2.99. The molecule has 1 aliphatic carbocycles. The van der Waals surface area contributed by atoms with Crippen LogP contribution in [0.4, 0.5) is 19.0 Å². The number of halogens is 3. The van der Waals surface area contributed by atoms with Crippen molar-refractivity contribution >= 4 is 5.82 Å². The van der Waals surface area contributed by atoms with E-state index in [9.17, 15) is 13.2 Å². The van der Waals surface area contributed by atoms with Gasteiger partial charge in [-0.05, 0) is 37.8 Å². The zero-order chi connectivity index (χ0) is 16.9. The van der Waals surface area contributed by atoms with Gasteiger partial charge in [0, 0.05) is 42.7 Å². The maximum atomic E-state index is 12.9. The van der Waals surface area contributed by atoms with Gasteiger partial charge >= 0.3 is 6.18 Å². The van der Waals surface area contributed by atoms with Crippen LogP contribution in [-0.2, 0) is 32.0 Å². The molecule has 0 saturated carbocycles. The molecule has 0 aromatic carbocycles. The van der Waals surface area contributed by atoms with Gasteiger partial charge in [0.2, 0.25) is 0 Å². The van der Waals surface area contributed by atoms with Crippen LogP contribution in [-0.4, -0.2) is 21.5 Å². The van der Waals surface area contributed by atoms with Gasteiger partial charge in [0.05, 0.1) is 5.56 Å². The van der Waals surface area contributed by atoms with Gasteiger partial charge in [-0.25, -0.2) is 9.97 Å². The van der Waals surface area contributed by atoms with Crippen LogP contribution in [0, 0.1) is 6.92 Å². The lowest BCUT2D eigenvalue weighted by molar-refractivity contribution is -0.137. The van der Waals surface area contributed by atoms with Gasteiger partial charge in [-0.15, -0.1) is 0 Å². The summed E-state index contributed by atoms with van der Waals surface area (Å²) in [6, 6.07) is 1.22. The maximum absolute atomic E-state index is 12.9. The second kappa shape index (κ2) is 5.43. The van der Waals surface area contributed by atoms with Crippen LogP contribution in [0.15, 0.2) is 12.3 Å². The molecular formula is C17H17F3N4. The molecule has 2 aromatic rings. The zero-order valence-electron chi connectivity index (χ0n) is 13.3. The van der Waals surface area contributed by atoms with Crippen LogP contribution in [0.25, 0.3) is 0 Å². The molecule has 0 saturated heterocycles. The Kier molecular flexibility index (Phi) is 3.47. The summed E-state index contributed by atoms with van der Waals surface area (Å²) in [5.74, 6) is 1.61. The summed E-state index contributed by atoms with van der Waals surface area (Å²) in [5.41, 5.74) is 2.95. The number of aromatic nitrogens is 3. The van der Waals surface area contributed by atoms with Gasteiger partial charge in [0.15, 0.2) is 0 Å². The van der Waals surface area contributed by atoms with Crippen molar-refractivity contribution in [2.24, 2.45) is 0 Å². The lowest BCUT2D eigenvalue weighted by Crippen LogP contribution is -2.33. The average Bonchev–Trinajstić information content (AvgIpc) is 3.00. The minimum Gasteiger partial charge on any atom is -0.351 e. The van der Waals surface area contributed by atoms with E-state index in [-0.39, 0.29) is 0 Å². The van der Waals surface area contributed by atoms with Crippen LogP contribution in [0.1, 0.15) is 40.3 Å². The third-order valence-corrected chi connectivity index (χ3v) is 4.69. The summed E-state index contributed by atoms with van der Waals surface area (Å²) >= 11 is 0. The molecule has 126 valence electrons. The molecule has 2 aromatic heterocycles. The predicted octanol–water partition coefficient (Wildman–Crippen LogP) is 3.25. The lowest BCUT2D eigenvalue weighted by atomic mass is 10.0. The number of pyridine rings is 1. The van der Waals surface area contributed by atoms with Crippen molar-refractivity contribution in [3.63, 3.8) is 0 Å². The minimum absolute atomic E-state index is 0.412. The van der Waals surface area contributed by atoms with Crippen molar-refractivity contribution in [1.29, 1.82) is 0 Å². The number of hydrogen-bond acceptors (Lipinski definition) is 4. The molecule has 0 atom stereocenters. The zero-order valence-corrected chi connectivity index (χ0v) is 13.3. The van der Waals surface area contributed by atoms with E-state index in [1.807, 2.05) is 6.92 Å². The molecule has 1 aliphatic heterocycles. The van der Waals surface area contributed by atoms with Gasteiger partial charge in [0.1, 0.15) is 11.6 Å². The predicted molar refractivity (Wildman–Crippen MR) is 82.8 cm³/mol. The van der Waals surface area contributed by atoms with E-state index in [2.05, 4.69) is 19.9 Å². The highest BCUT2D eigenvalue weighted by Crippen LogP contribution is 2.34. The van der Waals surface area contributed by atoms with Crippen molar-refractivity contribution < 1.29 is 13.2 Å². The number of alkyl halides is 3. The summed E-state index contributed by atoms with van der Waals surface area (Å²) in [4.78, 5) is 15.2. The minimum atomic E-state index is -4.36. The Hall–Kier alpha value is -2.18. The molecule has 0 N–H and O–H groups in total. The van der Waals surface area contributed by atoms with E-state index in [0.29, 0.717) is 25.1 Å². The van der Waals surface area contributed by atoms with Gasteiger partial charge in [-0.1, -0.05) is 0 Å². The van der Waals surface area contributed by atoms with Crippen LogP contribution >= 0.6 is 0 Å². The molecule has 24 heavy (non-hydrogen) atoms. The number of fused-ring (bicyclic) bond motifs is 2. The molecule has 7 heteroatoms. The molecule has 0 unspecified atom stereocenters. The summed E-state index contributed by atoms with van der Waals surface area (Å²) < 4.78 is 38.8. The summed E-state index contributed by atoms with van der Waals surface area (Å²) in [7, 11) is 0. The first-order valence-corrected chi connectivity index (χ1v) is 8.08. The van der Waals surface area contributed by atoms with Crippen molar-refractivity contribution in [2.45, 2.75) is 45.3 Å². The first kappa shape index (κ1) is 15.4. The number of aryl methyl sites for hydroxylation is 2. The highest BCUT2D eigenvalue weighted by atomic mass is 19.4. The van der Waals surface area contributed by atoms with E-state index >= 15 is 0 Å². The van der Waals surface area contributed by atoms with Crippen molar-refractivity contribution in [3.05, 3.63) is 46.2 Å². The van der Waals surface area contributed by atoms with E-state index in [0.717, 1.165) is 54.1 Å². The van der Waals surface area contributed by atoms with Crippen LogP contribution in [0.2, 0.25) is 0 Å². The summed E-state index contributed by atoms with van der Waals surface area (Å²) in [6.07, 6.45) is 0.152. The third-order valence-electron chi connectivity index (χ3n) is 4.69. The van der Waals surface area contributed by atoms with E-state index in [1.54, 1.807) is 0 Å².